The molecular formula is C8H8ClNO2. The van der Waals surface area contributed by atoms with Crippen LogP contribution in [0.5, 0.6) is 5.75 Å². The predicted molar refractivity (Wildman–Crippen MR) is 47.1 cm³/mol. The van der Waals surface area contributed by atoms with Gasteiger partial charge < -0.3 is 10.3 Å². The second-order valence-electron chi connectivity index (χ2n) is 2.35. The highest BCUT2D eigenvalue weighted by Gasteiger charge is 2.04. The van der Waals surface area contributed by atoms with Crippen LogP contribution in [0.3, 0.4) is 0 Å². The maximum absolute atomic E-state index is 9.29. The van der Waals surface area contributed by atoms with Crippen molar-refractivity contribution in [3.63, 3.8) is 0 Å². The van der Waals surface area contributed by atoms with E-state index >= 15 is 0 Å². The van der Waals surface area contributed by atoms with Crippen LogP contribution in [0.1, 0.15) is 12.5 Å². The van der Waals surface area contributed by atoms with Crippen molar-refractivity contribution in [2.75, 3.05) is 0 Å². The zero-order valence-corrected chi connectivity index (χ0v) is 7.21. The van der Waals surface area contributed by atoms with Gasteiger partial charge in [-0.15, -0.1) is 0 Å². The molecular weight excluding hydrogens is 178 g/mol. The molecule has 12 heavy (non-hydrogen) atoms. The largest absolute Gasteiger partial charge is 0.507 e. The smallest absolute Gasteiger partial charge is 0.124 e. The van der Waals surface area contributed by atoms with Crippen LogP contribution in [0.15, 0.2) is 23.4 Å². The van der Waals surface area contributed by atoms with Gasteiger partial charge in [-0.2, -0.15) is 0 Å². The molecule has 1 aromatic carbocycles. The van der Waals surface area contributed by atoms with E-state index < -0.39 is 0 Å². The molecule has 64 valence electrons. The number of aromatic hydroxyl groups is 1. The quantitative estimate of drug-likeness (QED) is 0.401. The van der Waals surface area contributed by atoms with E-state index in [1.165, 1.54) is 12.1 Å². The van der Waals surface area contributed by atoms with Crippen molar-refractivity contribution < 1.29 is 10.3 Å². The van der Waals surface area contributed by atoms with Crippen LogP contribution in [0.25, 0.3) is 0 Å². The molecule has 0 aliphatic carbocycles. The van der Waals surface area contributed by atoms with Gasteiger partial charge >= 0.3 is 0 Å². The van der Waals surface area contributed by atoms with Gasteiger partial charge in [-0.25, -0.2) is 0 Å². The van der Waals surface area contributed by atoms with Crippen molar-refractivity contribution in [1.82, 2.24) is 0 Å². The van der Waals surface area contributed by atoms with Crippen LogP contribution in [0, 0.1) is 0 Å². The molecule has 4 heteroatoms. The third-order valence-corrected chi connectivity index (χ3v) is 1.73. The molecule has 0 atom stereocenters. The molecule has 0 aromatic heterocycles. The standard InChI is InChI=1S/C8H8ClNO2/c1-5(10-12)7-4-6(9)2-3-8(7)11/h2-4,11-12H,1H3/b10-5+. The van der Waals surface area contributed by atoms with Gasteiger partial charge in [0.15, 0.2) is 0 Å². The second kappa shape index (κ2) is 3.45. The van der Waals surface area contributed by atoms with E-state index in [1.807, 2.05) is 0 Å². The van der Waals surface area contributed by atoms with Gasteiger partial charge in [-0.1, -0.05) is 16.8 Å². The Balaban J connectivity index is 3.23. The van der Waals surface area contributed by atoms with Gasteiger partial charge in [0.25, 0.3) is 0 Å². The van der Waals surface area contributed by atoms with Crippen molar-refractivity contribution in [2.24, 2.45) is 5.16 Å². The lowest BCUT2D eigenvalue weighted by Crippen LogP contribution is -1.94. The van der Waals surface area contributed by atoms with Crippen LogP contribution in [-0.4, -0.2) is 16.0 Å². The molecule has 0 aliphatic heterocycles. The minimum atomic E-state index is 0.0506. The summed E-state index contributed by atoms with van der Waals surface area (Å²) in [6, 6.07) is 4.54. The molecule has 0 amide bonds. The summed E-state index contributed by atoms with van der Waals surface area (Å²) in [7, 11) is 0. The first-order chi connectivity index (χ1) is 5.65. The van der Waals surface area contributed by atoms with E-state index in [2.05, 4.69) is 5.16 Å². The first-order valence-corrected chi connectivity index (χ1v) is 3.70. The highest BCUT2D eigenvalue weighted by Crippen LogP contribution is 2.21. The van der Waals surface area contributed by atoms with Crippen LogP contribution < -0.4 is 0 Å². The lowest BCUT2D eigenvalue weighted by Gasteiger charge is -2.01. The summed E-state index contributed by atoms with van der Waals surface area (Å²) >= 11 is 5.67. The number of benzene rings is 1. The Bertz CT molecular complexity index is 323. The molecule has 2 N–H and O–H groups in total. The molecule has 0 unspecified atom stereocenters. The Labute approximate surface area is 74.9 Å². The van der Waals surface area contributed by atoms with Crippen LogP contribution in [0.4, 0.5) is 0 Å². The summed E-state index contributed by atoms with van der Waals surface area (Å²) in [5.74, 6) is 0.0506. The fourth-order valence-corrected chi connectivity index (χ4v) is 1.02. The molecule has 0 radical (unpaired) electrons. The number of hydrogen-bond acceptors (Lipinski definition) is 3. The van der Waals surface area contributed by atoms with E-state index in [0.29, 0.717) is 16.3 Å². The third-order valence-electron chi connectivity index (χ3n) is 1.50. The molecule has 0 aliphatic rings. The van der Waals surface area contributed by atoms with Crippen molar-refractivity contribution in [3.8, 4) is 5.75 Å². The van der Waals surface area contributed by atoms with Gasteiger partial charge in [0.05, 0.1) is 5.71 Å². The molecule has 3 nitrogen and oxygen atoms in total. The summed E-state index contributed by atoms with van der Waals surface area (Å²) in [5, 5.41) is 21.2. The van der Waals surface area contributed by atoms with Gasteiger partial charge in [0.1, 0.15) is 5.75 Å². The minimum absolute atomic E-state index is 0.0506. The Hall–Kier alpha value is -1.22. The number of halogens is 1. The maximum atomic E-state index is 9.29. The molecule has 0 bridgehead atoms. The lowest BCUT2D eigenvalue weighted by molar-refractivity contribution is 0.318. The number of oxime groups is 1. The van der Waals surface area contributed by atoms with Gasteiger partial charge in [0.2, 0.25) is 0 Å². The molecule has 0 saturated heterocycles. The predicted octanol–water partition coefficient (Wildman–Crippen LogP) is 2.24. The number of nitrogens with zero attached hydrogens (tertiary/aromatic N) is 1. The zero-order chi connectivity index (χ0) is 9.14. The van der Waals surface area contributed by atoms with Crippen LogP contribution in [-0.2, 0) is 0 Å². The minimum Gasteiger partial charge on any atom is -0.507 e. The summed E-state index contributed by atoms with van der Waals surface area (Å²) < 4.78 is 0. The molecule has 0 saturated carbocycles. The Morgan fingerprint density at radius 1 is 1.50 bits per heavy atom. The average molecular weight is 186 g/mol. The van der Waals surface area contributed by atoms with E-state index in [0.717, 1.165) is 0 Å². The average Bonchev–Trinajstić information content (AvgIpc) is 2.08. The zero-order valence-electron chi connectivity index (χ0n) is 6.45. The number of phenolic OH excluding ortho intramolecular Hbond substituents is 1. The summed E-state index contributed by atoms with van der Waals surface area (Å²) in [6.45, 7) is 1.57. The molecule has 0 heterocycles. The maximum Gasteiger partial charge on any atom is 0.124 e. The van der Waals surface area contributed by atoms with Gasteiger partial charge in [-0.05, 0) is 25.1 Å². The summed E-state index contributed by atoms with van der Waals surface area (Å²) in [4.78, 5) is 0. The van der Waals surface area contributed by atoms with Crippen molar-refractivity contribution in [1.29, 1.82) is 0 Å². The molecule has 0 spiro atoms. The number of rotatable bonds is 1. The first kappa shape index (κ1) is 8.87. The topological polar surface area (TPSA) is 52.8 Å². The van der Waals surface area contributed by atoms with E-state index in [1.54, 1.807) is 13.0 Å². The van der Waals surface area contributed by atoms with Crippen molar-refractivity contribution in [3.05, 3.63) is 28.8 Å². The van der Waals surface area contributed by atoms with E-state index in [-0.39, 0.29) is 5.75 Å². The summed E-state index contributed by atoms with van der Waals surface area (Å²) in [5.41, 5.74) is 0.764. The fourth-order valence-electron chi connectivity index (χ4n) is 0.852. The molecule has 1 aromatic rings. The second-order valence-corrected chi connectivity index (χ2v) is 2.78. The first-order valence-electron chi connectivity index (χ1n) is 3.32. The van der Waals surface area contributed by atoms with E-state index in [9.17, 15) is 5.11 Å². The molecule has 1 rings (SSSR count). The highest BCUT2D eigenvalue weighted by atomic mass is 35.5. The SMILES string of the molecule is C/C(=N\O)c1cc(Cl)ccc1O. The van der Waals surface area contributed by atoms with Crippen molar-refractivity contribution in [2.45, 2.75) is 6.92 Å². The monoisotopic (exact) mass is 185 g/mol. The Morgan fingerprint density at radius 2 is 2.17 bits per heavy atom. The van der Waals surface area contributed by atoms with Crippen LogP contribution in [0.2, 0.25) is 5.02 Å². The highest BCUT2D eigenvalue weighted by molar-refractivity contribution is 6.31. The summed E-state index contributed by atoms with van der Waals surface area (Å²) in [6.07, 6.45) is 0. The normalized spacial score (nSPS) is 11.7. The lowest BCUT2D eigenvalue weighted by atomic mass is 10.1. The Kier molecular flexibility index (Phi) is 2.55. The fraction of sp³-hybridized carbons (Fsp3) is 0.125. The van der Waals surface area contributed by atoms with Gasteiger partial charge in [0, 0.05) is 10.6 Å². The van der Waals surface area contributed by atoms with Crippen LogP contribution >= 0.6 is 11.6 Å². The number of phenols is 1. The Morgan fingerprint density at radius 3 is 2.75 bits per heavy atom. The van der Waals surface area contributed by atoms with E-state index in [4.69, 9.17) is 16.8 Å². The van der Waals surface area contributed by atoms with Crippen molar-refractivity contribution >= 4 is 17.3 Å². The third kappa shape index (κ3) is 1.68. The molecule has 0 fully saturated rings. The van der Waals surface area contributed by atoms with Gasteiger partial charge in [-0.3, -0.25) is 0 Å². The number of hydrogen-bond donors (Lipinski definition) is 2.